The molecule has 2 aromatic carbocycles. The van der Waals surface area contributed by atoms with Crippen molar-refractivity contribution in [1.29, 1.82) is 0 Å². The molecule has 0 fully saturated rings. The van der Waals surface area contributed by atoms with Crippen molar-refractivity contribution >= 4 is 5.69 Å². The van der Waals surface area contributed by atoms with Crippen molar-refractivity contribution < 1.29 is 24.0 Å². The summed E-state index contributed by atoms with van der Waals surface area (Å²) in [5, 5.41) is 0. The molecule has 0 bridgehead atoms. The summed E-state index contributed by atoms with van der Waals surface area (Å²) >= 11 is 0. The third kappa shape index (κ3) is 4.18. The Balaban J connectivity index is 0.00000180. The van der Waals surface area contributed by atoms with Gasteiger partial charge in [0, 0.05) is 5.56 Å². The number of nitrogens with zero attached hydrogens (tertiary/aromatic N) is 1. The molecule has 0 aromatic heterocycles. The number of benzene rings is 2. The molecule has 1 atom stereocenters. The molecule has 0 aliphatic carbocycles. The molecule has 0 N–H and O–H groups in total. The van der Waals surface area contributed by atoms with Gasteiger partial charge in [-0.2, -0.15) is 0 Å². The van der Waals surface area contributed by atoms with E-state index >= 15 is 0 Å². The van der Waals surface area contributed by atoms with Crippen LogP contribution in [0.3, 0.4) is 0 Å². The van der Waals surface area contributed by atoms with Crippen molar-refractivity contribution in [2.24, 2.45) is 0 Å². The number of hydrogen-bond donors (Lipinski definition) is 0. The fourth-order valence-electron chi connectivity index (χ4n) is 2.32. The van der Waals surface area contributed by atoms with E-state index in [0.717, 1.165) is 17.6 Å². The number of halogens is 1. The molecular formula is C17H20IN. The Bertz CT molecular complexity index is 495. The van der Waals surface area contributed by atoms with Crippen molar-refractivity contribution in [3.05, 3.63) is 78.9 Å². The van der Waals surface area contributed by atoms with Crippen LogP contribution in [0.25, 0.3) is 0 Å². The van der Waals surface area contributed by atoms with Gasteiger partial charge in [-0.05, 0) is 18.2 Å². The van der Waals surface area contributed by atoms with Crippen LogP contribution in [0.4, 0.5) is 5.69 Å². The maximum atomic E-state index is 3.90. The minimum Gasteiger partial charge on any atom is -1.00 e. The standard InChI is InChI=1S/C17H20N.HI/c1-3-14-18(2,17-12-8-5-9-13-17)15-16-10-6-4-7-11-16;/h3-13H,1,14-15H2,2H3;1H/q+1;/p-1. The molecule has 2 rings (SSSR count). The van der Waals surface area contributed by atoms with Gasteiger partial charge in [-0.1, -0.05) is 55.1 Å². The molecule has 0 aliphatic rings. The molecule has 0 saturated heterocycles. The largest absolute Gasteiger partial charge is 1.00 e. The smallest absolute Gasteiger partial charge is 0.133 e. The first-order valence-corrected chi connectivity index (χ1v) is 6.29. The maximum absolute atomic E-state index is 3.90. The number of para-hydroxylation sites is 1. The molecule has 1 nitrogen and oxygen atoms in total. The summed E-state index contributed by atoms with van der Waals surface area (Å²) in [6.07, 6.45) is 2.00. The first kappa shape index (κ1) is 15.9. The zero-order valence-electron chi connectivity index (χ0n) is 11.3. The number of hydrogen-bond acceptors (Lipinski definition) is 0. The molecule has 100 valence electrons. The van der Waals surface area contributed by atoms with Crippen molar-refractivity contribution in [1.82, 2.24) is 4.48 Å². The van der Waals surface area contributed by atoms with Crippen molar-refractivity contribution in [2.75, 3.05) is 13.6 Å². The van der Waals surface area contributed by atoms with E-state index < -0.39 is 0 Å². The van der Waals surface area contributed by atoms with E-state index in [2.05, 4.69) is 74.3 Å². The van der Waals surface area contributed by atoms with Crippen LogP contribution in [-0.4, -0.2) is 13.6 Å². The minimum atomic E-state index is 0. The summed E-state index contributed by atoms with van der Waals surface area (Å²) in [6.45, 7) is 5.81. The molecule has 0 heterocycles. The van der Waals surface area contributed by atoms with Crippen LogP contribution in [0, 0.1) is 0 Å². The van der Waals surface area contributed by atoms with Gasteiger partial charge in [-0.25, -0.2) is 0 Å². The highest BCUT2D eigenvalue weighted by molar-refractivity contribution is 5.43. The maximum Gasteiger partial charge on any atom is 0.133 e. The van der Waals surface area contributed by atoms with Gasteiger partial charge in [0.2, 0.25) is 0 Å². The van der Waals surface area contributed by atoms with Crippen LogP contribution in [0.15, 0.2) is 73.3 Å². The molecule has 0 radical (unpaired) electrons. The number of likely N-dealkylation sites (N-methyl/N-ethyl adjacent to an activating group) is 1. The number of rotatable bonds is 5. The Kier molecular flexibility index (Phi) is 6.25. The Morgan fingerprint density at radius 2 is 1.47 bits per heavy atom. The summed E-state index contributed by atoms with van der Waals surface area (Å²) in [6, 6.07) is 21.2. The molecule has 2 heteroatoms. The van der Waals surface area contributed by atoms with Crippen LogP contribution in [0.2, 0.25) is 0 Å². The lowest BCUT2D eigenvalue weighted by molar-refractivity contribution is -0.00000381. The average molecular weight is 365 g/mol. The second-order valence-corrected chi connectivity index (χ2v) is 4.85. The SMILES string of the molecule is C=CC[N+](C)(Cc1ccccc1)c1ccccc1.[I-]. The van der Waals surface area contributed by atoms with Crippen molar-refractivity contribution in [3.8, 4) is 0 Å². The van der Waals surface area contributed by atoms with E-state index in [1.54, 1.807) is 0 Å². The topological polar surface area (TPSA) is 0 Å². The highest BCUT2D eigenvalue weighted by Gasteiger charge is 2.23. The zero-order valence-corrected chi connectivity index (χ0v) is 13.5. The van der Waals surface area contributed by atoms with Gasteiger partial charge in [-0.15, -0.1) is 0 Å². The van der Waals surface area contributed by atoms with E-state index in [0.29, 0.717) is 0 Å². The predicted molar refractivity (Wildman–Crippen MR) is 79.4 cm³/mol. The molecule has 0 aliphatic heterocycles. The first-order chi connectivity index (χ1) is 8.74. The summed E-state index contributed by atoms with van der Waals surface area (Å²) in [4.78, 5) is 0. The Morgan fingerprint density at radius 1 is 0.947 bits per heavy atom. The zero-order chi connectivity index (χ0) is 12.8. The predicted octanol–water partition coefficient (Wildman–Crippen LogP) is 1.01. The van der Waals surface area contributed by atoms with Crippen LogP contribution >= 0.6 is 0 Å². The Hall–Kier alpha value is -1.13. The van der Waals surface area contributed by atoms with Crippen LogP contribution in [0.1, 0.15) is 5.56 Å². The van der Waals surface area contributed by atoms with E-state index in [1.807, 2.05) is 6.08 Å². The van der Waals surface area contributed by atoms with E-state index in [4.69, 9.17) is 0 Å². The molecule has 19 heavy (non-hydrogen) atoms. The first-order valence-electron chi connectivity index (χ1n) is 6.29. The van der Waals surface area contributed by atoms with Crippen LogP contribution in [-0.2, 0) is 6.54 Å². The van der Waals surface area contributed by atoms with Gasteiger partial charge in [0.15, 0.2) is 0 Å². The van der Waals surface area contributed by atoms with Gasteiger partial charge < -0.3 is 24.0 Å². The third-order valence-electron chi connectivity index (χ3n) is 3.29. The normalized spacial score (nSPS) is 13.1. The monoisotopic (exact) mass is 365 g/mol. The summed E-state index contributed by atoms with van der Waals surface area (Å²) in [5.41, 5.74) is 2.67. The van der Waals surface area contributed by atoms with Gasteiger partial charge >= 0.3 is 0 Å². The van der Waals surface area contributed by atoms with Crippen molar-refractivity contribution in [2.45, 2.75) is 6.54 Å². The van der Waals surface area contributed by atoms with E-state index in [9.17, 15) is 0 Å². The quantitative estimate of drug-likeness (QED) is 0.422. The summed E-state index contributed by atoms with van der Waals surface area (Å²) in [5.74, 6) is 0. The van der Waals surface area contributed by atoms with Crippen LogP contribution < -0.4 is 28.5 Å². The average Bonchev–Trinajstić information content (AvgIpc) is 2.41. The van der Waals surface area contributed by atoms with Crippen molar-refractivity contribution in [3.63, 3.8) is 0 Å². The van der Waals surface area contributed by atoms with E-state index in [1.165, 1.54) is 11.3 Å². The minimum absolute atomic E-state index is 0. The Morgan fingerprint density at radius 3 is 2.00 bits per heavy atom. The van der Waals surface area contributed by atoms with Gasteiger partial charge in [-0.3, -0.25) is 4.48 Å². The van der Waals surface area contributed by atoms with Gasteiger partial charge in [0.05, 0.1) is 7.05 Å². The number of quaternary nitrogens is 1. The highest BCUT2D eigenvalue weighted by Crippen LogP contribution is 2.23. The fourth-order valence-corrected chi connectivity index (χ4v) is 2.32. The second kappa shape index (κ2) is 7.46. The molecule has 1 unspecified atom stereocenters. The lowest BCUT2D eigenvalue weighted by Crippen LogP contribution is -3.00. The van der Waals surface area contributed by atoms with Crippen LogP contribution in [0.5, 0.6) is 0 Å². The van der Waals surface area contributed by atoms with E-state index in [-0.39, 0.29) is 24.0 Å². The Labute approximate surface area is 133 Å². The molecule has 2 aromatic rings. The third-order valence-corrected chi connectivity index (χ3v) is 3.29. The fraction of sp³-hybridized carbons (Fsp3) is 0.176. The van der Waals surface area contributed by atoms with Gasteiger partial charge in [0.25, 0.3) is 0 Å². The molecule has 0 amide bonds. The summed E-state index contributed by atoms with van der Waals surface area (Å²) in [7, 11) is 2.25. The molecular weight excluding hydrogens is 345 g/mol. The lowest BCUT2D eigenvalue weighted by atomic mass is 10.1. The lowest BCUT2D eigenvalue weighted by Gasteiger charge is -2.33. The summed E-state index contributed by atoms with van der Waals surface area (Å²) < 4.78 is 0.856. The second-order valence-electron chi connectivity index (χ2n) is 4.85. The highest BCUT2D eigenvalue weighted by atomic mass is 127. The molecule has 0 spiro atoms. The molecule has 0 saturated carbocycles. The van der Waals surface area contributed by atoms with Gasteiger partial charge in [0.1, 0.15) is 18.8 Å².